The number of aromatic nitrogens is 3. The molecule has 5 rings (SSSR count). The number of urea groups is 1. The van der Waals surface area contributed by atoms with Gasteiger partial charge < -0.3 is 10.2 Å². The highest BCUT2D eigenvalue weighted by molar-refractivity contribution is 7.19. The zero-order valence-electron chi connectivity index (χ0n) is 19.3. The van der Waals surface area contributed by atoms with Gasteiger partial charge in [-0.15, -0.1) is 0 Å². The van der Waals surface area contributed by atoms with E-state index in [1.54, 1.807) is 23.1 Å². The van der Waals surface area contributed by atoms with Gasteiger partial charge in [0.15, 0.2) is 5.01 Å². The average Bonchev–Trinajstić information content (AvgIpc) is 3.30. The molecular weight excluding hydrogens is 467 g/mol. The Bertz CT molecular complexity index is 1410. The molecule has 0 aliphatic carbocycles. The molecule has 0 radical (unpaired) electrons. The maximum atomic E-state index is 14.2. The third-order valence-corrected chi connectivity index (χ3v) is 7.00. The number of carbonyl (C=O) groups is 1. The van der Waals surface area contributed by atoms with Crippen molar-refractivity contribution in [2.75, 3.05) is 31.5 Å². The Morgan fingerprint density at radius 3 is 2.54 bits per heavy atom. The van der Waals surface area contributed by atoms with Crippen LogP contribution in [0.2, 0.25) is 0 Å². The number of fused-ring (bicyclic) bond motifs is 1. The monoisotopic (exact) mass is 492 g/mol. The molecule has 0 unspecified atom stereocenters. The lowest BCUT2D eigenvalue weighted by molar-refractivity contribution is 0.142. The lowest BCUT2D eigenvalue weighted by Crippen LogP contribution is -2.49. The molecule has 10 heteroatoms. The number of carbonyl (C=O) groups excluding carboxylic acids is 1. The Hall–Kier alpha value is -3.63. The lowest BCUT2D eigenvalue weighted by Gasteiger charge is -2.34. The molecule has 1 aliphatic rings. The van der Waals surface area contributed by atoms with Crippen LogP contribution >= 0.6 is 11.3 Å². The van der Waals surface area contributed by atoms with E-state index in [0.717, 1.165) is 12.1 Å². The zero-order valence-corrected chi connectivity index (χ0v) is 20.1. The summed E-state index contributed by atoms with van der Waals surface area (Å²) in [5, 5.41) is 7.63. The Morgan fingerprint density at radius 1 is 1.09 bits per heavy atom. The number of piperazine rings is 1. The van der Waals surface area contributed by atoms with E-state index in [4.69, 9.17) is 0 Å². The quantitative estimate of drug-likeness (QED) is 0.457. The van der Waals surface area contributed by atoms with E-state index in [1.165, 1.54) is 33.5 Å². The van der Waals surface area contributed by atoms with Crippen LogP contribution in [0.4, 0.5) is 14.9 Å². The maximum absolute atomic E-state index is 14.2. The van der Waals surface area contributed by atoms with Crippen LogP contribution in [0.3, 0.4) is 0 Å². The molecule has 3 heterocycles. The highest BCUT2D eigenvalue weighted by Gasteiger charge is 2.22. The molecule has 35 heavy (non-hydrogen) atoms. The molecule has 1 N–H and O–H groups in total. The fourth-order valence-electron chi connectivity index (χ4n) is 4.05. The summed E-state index contributed by atoms with van der Waals surface area (Å²) in [5.74, 6) is -0.389. The van der Waals surface area contributed by atoms with Gasteiger partial charge in [0.05, 0.1) is 5.69 Å². The predicted octanol–water partition coefficient (Wildman–Crippen LogP) is 3.87. The normalized spacial score (nSPS) is 14.4. The third-order valence-electron chi connectivity index (χ3n) is 6.06. The Labute approximate surface area is 205 Å². The van der Waals surface area contributed by atoms with E-state index in [9.17, 15) is 14.0 Å². The Morgan fingerprint density at radius 2 is 1.83 bits per heavy atom. The van der Waals surface area contributed by atoms with E-state index in [-0.39, 0.29) is 17.4 Å². The third kappa shape index (κ3) is 5.08. The van der Waals surface area contributed by atoms with Crippen LogP contribution in [0.25, 0.3) is 15.5 Å². The van der Waals surface area contributed by atoms with E-state index in [0.29, 0.717) is 53.9 Å². The second kappa shape index (κ2) is 9.93. The number of hydrogen-bond acceptors (Lipinski definition) is 6. The summed E-state index contributed by atoms with van der Waals surface area (Å²) in [4.78, 5) is 34.2. The second-order valence-electron chi connectivity index (χ2n) is 8.41. The van der Waals surface area contributed by atoms with E-state index in [2.05, 4.69) is 27.2 Å². The number of nitrogens with zero attached hydrogens (tertiary/aromatic N) is 5. The first kappa shape index (κ1) is 23.1. The van der Waals surface area contributed by atoms with Crippen LogP contribution < -0.4 is 10.9 Å². The van der Waals surface area contributed by atoms with Crippen LogP contribution in [-0.2, 0) is 13.0 Å². The minimum absolute atomic E-state index is 0.114. The molecule has 0 atom stereocenters. The topological polar surface area (TPSA) is 82.8 Å². The van der Waals surface area contributed by atoms with E-state index < -0.39 is 0 Å². The molecule has 2 aromatic heterocycles. The average molecular weight is 493 g/mol. The van der Waals surface area contributed by atoms with Crippen LogP contribution in [0, 0.1) is 5.82 Å². The fraction of sp³-hybridized carbons (Fsp3) is 0.280. The zero-order chi connectivity index (χ0) is 24.4. The number of nitrogens with one attached hydrogen (secondary N) is 1. The van der Waals surface area contributed by atoms with Crippen LogP contribution in [-0.4, -0.2) is 56.6 Å². The van der Waals surface area contributed by atoms with Crippen molar-refractivity contribution < 1.29 is 9.18 Å². The number of halogens is 1. The number of benzene rings is 2. The Kier molecular flexibility index (Phi) is 6.56. The van der Waals surface area contributed by atoms with Gasteiger partial charge in [0.25, 0.3) is 5.56 Å². The summed E-state index contributed by atoms with van der Waals surface area (Å²) in [7, 11) is 0. The van der Waals surface area contributed by atoms with Crippen molar-refractivity contribution in [1.82, 2.24) is 24.4 Å². The van der Waals surface area contributed by atoms with Gasteiger partial charge in [0, 0.05) is 50.0 Å². The number of anilines is 1. The van der Waals surface area contributed by atoms with Gasteiger partial charge in [-0.25, -0.2) is 14.2 Å². The molecule has 0 spiro atoms. The standard InChI is InChI=1S/C25H25FN6O2S/c1-2-17-7-9-18(10-8-17)27-24(34)31-13-11-30(12-14-31)16-19-15-22(33)32-25(28-19)35-23(29-32)20-5-3-4-6-21(20)26/h3-10,15H,2,11-14,16H2,1H3,(H,27,34). The van der Waals surface area contributed by atoms with Crippen molar-refractivity contribution in [1.29, 1.82) is 0 Å². The SMILES string of the molecule is CCc1ccc(NC(=O)N2CCN(Cc3cc(=O)n4nc(-c5ccccc5F)sc4n3)CC2)cc1. The summed E-state index contributed by atoms with van der Waals surface area (Å²) in [6.07, 6.45) is 0.959. The van der Waals surface area contributed by atoms with E-state index in [1.807, 2.05) is 24.3 Å². The molecule has 0 saturated carbocycles. The van der Waals surface area contributed by atoms with Gasteiger partial charge in [-0.2, -0.15) is 9.61 Å². The van der Waals surface area contributed by atoms with Gasteiger partial charge in [0.1, 0.15) is 5.82 Å². The van der Waals surface area contributed by atoms with Gasteiger partial charge in [-0.05, 0) is 36.2 Å². The molecular formula is C25H25FN6O2S. The molecule has 2 aromatic carbocycles. The van der Waals surface area contributed by atoms with E-state index >= 15 is 0 Å². The maximum Gasteiger partial charge on any atom is 0.321 e. The molecule has 1 saturated heterocycles. The number of rotatable bonds is 5. The summed E-state index contributed by atoms with van der Waals surface area (Å²) >= 11 is 1.18. The van der Waals surface area contributed by atoms with Gasteiger partial charge in [-0.3, -0.25) is 9.69 Å². The minimum Gasteiger partial charge on any atom is -0.322 e. The fourth-order valence-corrected chi connectivity index (χ4v) is 5.00. The molecule has 1 aliphatic heterocycles. The highest BCUT2D eigenvalue weighted by atomic mass is 32.1. The summed E-state index contributed by atoms with van der Waals surface area (Å²) < 4.78 is 15.4. The first-order chi connectivity index (χ1) is 17.0. The Balaban J connectivity index is 1.22. The molecule has 2 amide bonds. The molecule has 180 valence electrons. The first-order valence-corrected chi connectivity index (χ1v) is 12.3. The second-order valence-corrected chi connectivity index (χ2v) is 9.37. The summed E-state index contributed by atoms with van der Waals surface area (Å²) in [5.41, 5.74) is 2.69. The van der Waals surface area contributed by atoms with Crippen molar-refractivity contribution >= 4 is 28.0 Å². The smallest absolute Gasteiger partial charge is 0.321 e. The largest absolute Gasteiger partial charge is 0.322 e. The molecule has 4 aromatic rings. The minimum atomic E-state index is -0.389. The molecule has 0 bridgehead atoms. The van der Waals surface area contributed by atoms with Crippen LogP contribution in [0.1, 0.15) is 18.2 Å². The summed E-state index contributed by atoms with van der Waals surface area (Å²) in [6.45, 7) is 5.10. The lowest BCUT2D eigenvalue weighted by atomic mass is 10.1. The van der Waals surface area contributed by atoms with Gasteiger partial charge in [-0.1, -0.05) is 42.5 Å². The van der Waals surface area contributed by atoms with Crippen molar-refractivity contribution in [2.24, 2.45) is 0 Å². The molecule has 1 fully saturated rings. The van der Waals surface area contributed by atoms with Crippen molar-refractivity contribution in [3.8, 4) is 10.6 Å². The van der Waals surface area contributed by atoms with Crippen molar-refractivity contribution in [3.05, 3.63) is 82.0 Å². The first-order valence-electron chi connectivity index (χ1n) is 11.5. The number of hydrogen-bond donors (Lipinski definition) is 1. The number of aryl methyl sites for hydroxylation is 1. The summed E-state index contributed by atoms with van der Waals surface area (Å²) in [6, 6.07) is 15.6. The highest BCUT2D eigenvalue weighted by Crippen LogP contribution is 2.26. The molecule has 8 nitrogen and oxygen atoms in total. The van der Waals surface area contributed by atoms with Crippen molar-refractivity contribution in [3.63, 3.8) is 0 Å². The number of amides is 2. The van der Waals surface area contributed by atoms with Gasteiger partial charge >= 0.3 is 6.03 Å². The van der Waals surface area contributed by atoms with Crippen molar-refractivity contribution in [2.45, 2.75) is 19.9 Å². The van der Waals surface area contributed by atoms with Gasteiger partial charge in [0.2, 0.25) is 4.96 Å². The van der Waals surface area contributed by atoms with Crippen LogP contribution in [0.5, 0.6) is 0 Å². The van der Waals surface area contributed by atoms with Crippen LogP contribution in [0.15, 0.2) is 59.4 Å². The predicted molar refractivity (Wildman–Crippen MR) is 134 cm³/mol.